The van der Waals surface area contributed by atoms with Crippen LogP contribution in [0.25, 0.3) is 0 Å². The molecule has 0 saturated carbocycles. The van der Waals surface area contributed by atoms with Gasteiger partial charge in [-0.3, -0.25) is 4.79 Å². The Bertz CT molecular complexity index is 919. The number of rotatable bonds is 6. The molecular weight excluding hydrogens is 364 g/mol. The number of hydrogen-bond donors (Lipinski definition) is 1. The van der Waals surface area contributed by atoms with Gasteiger partial charge in [-0.1, -0.05) is 12.1 Å². The van der Waals surface area contributed by atoms with E-state index in [1.165, 1.54) is 5.56 Å². The Hall–Kier alpha value is -2.61. The van der Waals surface area contributed by atoms with Gasteiger partial charge in [-0.2, -0.15) is 0 Å². The van der Waals surface area contributed by atoms with Crippen molar-refractivity contribution in [1.82, 2.24) is 10.2 Å². The number of nitrogens with one attached hydrogen (secondary N) is 1. The molecule has 0 aromatic heterocycles. The van der Waals surface area contributed by atoms with Crippen LogP contribution < -0.4 is 10.2 Å². The maximum Gasteiger partial charge on any atom is 0.256 e. The number of amidine groups is 1. The highest BCUT2D eigenvalue weighted by molar-refractivity contribution is 7.90. The zero-order valence-electron chi connectivity index (χ0n) is 15.6. The van der Waals surface area contributed by atoms with Gasteiger partial charge in [0.25, 0.3) is 15.9 Å². The van der Waals surface area contributed by atoms with Crippen LogP contribution in [0, 0.1) is 6.92 Å². The molecule has 0 spiro atoms. The van der Waals surface area contributed by atoms with Gasteiger partial charge in [0.05, 0.1) is 11.3 Å². The highest BCUT2D eigenvalue weighted by Gasteiger charge is 2.29. The van der Waals surface area contributed by atoms with E-state index in [1.807, 2.05) is 25.1 Å². The van der Waals surface area contributed by atoms with Crippen LogP contribution in [0.3, 0.4) is 0 Å². The molecule has 2 aliphatic heterocycles. The molecular formula is C19H24N4O3S. The van der Waals surface area contributed by atoms with Crippen molar-refractivity contribution in [3.8, 4) is 0 Å². The molecule has 0 unspecified atom stereocenters. The van der Waals surface area contributed by atoms with Crippen molar-refractivity contribution in [2.75, 3.05) is 36.8 Å². The van der Waals surface area contributed by atoms with Gasteiger partial charge in [0.2, 0.25) is 0 Å². The monoisotopic (exact) mass is 388 g/mol. The van der Waals surface area contributed by atoms with Crippen molar-refractivity contribution < 1.29 is 13.2 Å². The standard InChI is InChI=1S/C19H24N4O3S/c1-3-22(16-7-4-6-15(2)14-16)11-9-20-19(24)17-8-5-10-23-12-13-27(25,26)21-18(17)23/h4-8,10,14H,3,9,11-13H2,1-2H3,(H,20,24). The van der Waals surface area contributed by atoms with E-state index in [0.29, 0.717) is 19.6 Å². The van der Waals surface area contributed by atoms with Crippen LogP contribution in [0.2, 0.25) is 0 Å². The minimum atomic E-state index is -3.51. The summed E-state index contributed by atoms with van der Waals surface area (Å²) in [4.78, 5) is 16.5. The largest absolute Gasteiger partial charge is 0.370 e. The second-order valence-corrected chi connectivity index (χ2v) is 8.25. The van der Waals surface area contributed by atoms with Crippen molar-refractivity contribution in [1.29, 1.82) is 0 Å². The molecule has 0 aliphatic carbocycles. The molecule has 8 heteroatoms. The number of hydrogen-bond acceptors (Lipinski definition) is 5. The van der Waals surface area contributed by atoms with E-state index in [9.17, 15) is 13.2 Å². The summed E-state index contributed by atoms with van der Waals surface area (Å²) >= 11 is 0. The second kappa shape index (κ2) is 7.96. The lowest BCUT2D eigenvalue weighted by Crippen LogP contribution is -2.43. The summed E-state index contributed by atoms with van der Waals surface area (Å²) in [6, 6.07) is 8.22. The topological polar surface area (TPSA) is 82.1 Å². The fraction of sp³-hybridized carbons (Fsp3) is 0.368. The molecule has 2 aliphatic rings. The Morgan fingerprint density at radius 2 is 2.19 bits per heavy atom. The number of carbonyl (C=O) groups is 1. The normalized spacial score (nSPS) is 17.6. The Kier molecular flexibility index (Phi) is 5.65. The molecule has 27 heavy (non-hydrogen) atoms. The van der Waals surface area contributed by atoms with Crippen LogP contribution in [0.15, 0.2) is 52.6 Å². The molecule has 0 radical (unpaired) electrons. The summed E-state index contributed by atoms with van der Waals surface area (Å²) < 4.78 is 27.4. The lowest BCUT2D eigenvalue weighted by Gasteiger charge is -2.29. The molecule has 3 rings (SSSR count). The average Bonchev–Trinajstić information content (AvgIpc) is 2.64. The highest BCUT2D eigenvalue weighted by Crippen LogP contribution is 2.18. The van der Waals surface area contributed by atoms with Crippen molar-refractivity contribution >= 4 is 27.5 Å². The number of benzene rings is 1. The van der Waals surface area contributed by atoms with Crippen molar-refractivity contribution in [3.05, 3.63) is 53.8 Å². The Labute approximate surface area is 160 Å². The smallest absolute Gasteiger partial charge is 0.256 e. The lowest BCUT2D eigenvalue weighted by molar-refractivity contribution is -0.117. The van der Waals surface area contributed by atoms with Crippen LogP contribution in [-0.2, 0) is 14.8 Å². The second-order valence-electron chi connectivity index (χ2n) is 6.49. The summed E-state index contributed by atoms with van der Waals surface area (Å²) in [6.45, 7) is 6.35. The first-order valence-electron chi connectivity index (χ1n) is 8.97. The number of fused-ring (bicyclic) bond motifs is 1. The summed E-state index contributed by atoms with van der Waals surface area (Å²) in [5, 5.41) is 2.88. The molecule has 144 valence electrons. The van der Waals surface area contributed by atoms with Gasteiger partial charge in [-0.25, -0.2) is 8.42 Å². The minimum Gasteiger partial charge on any atom is -0.370 e. The van der Waals surface area contributed by atoms with Crippen LogP contribution in [-0.4, -0.2) is 57.0 Å². The molecule has 0 fully saturated rings. The third kappa shape index (κ3) is 4.57. The lowest BCUT2D eigenvalue weighted by atomic mass is 10.1. The molecule has 1 aromatic rings. The SMILES string of the molecule is CCN(CCNC(=O)C1=CC=CN2CCS(=O)(=O)N=C12)c1cccc(C)c1. The predicted molar refractivity (Wildman–Crippen MR) is 107 cm³/mol. The van der Waals surface area contributed by atoms with E-state index in [2.05, 4.69) is 27.6 Å². The molecule has 0 bridgehead atoms. The van der Waals surface area contributed by atoms with Crippen LogP contribution >= 0.6 is 0 Å². The van der Waals surface area contributed by atoms with Gasteiger partial charge in [-0.05, 0) is 43.7 Å². The fourth-order valence-electron chi connectivity index (χ4n) is 3.09. The van der Waals surface area contributed by atoms with E-state index in [4.69, 9.17) is 0 Å². The van der Waals surface area contributed by atoms with Crippen molar-refractivity contribution in [2.45, 2.75) is 13.8 Å². The molecule has 1 N–H and O–H groups in total. The summed E-state index contributed by atoms with van der Waals surface area (Å²) in [5.41, 5.74) is 2.57. The van der Waals surface area contributed by atoms with Gasteiger partial charge >= 0.3 is 0 Å². The zero-order chi connectivity index (χ0) is 19.4. The Balaban J connectivity index is 1.64. The Morgan fingerprint density at radius 3 is 2.93 bits per heavy atom. The van der Waals surface area contributed by atoms with Gasteiger partial charge in [-0.15, -0.1) is 4.40 Å². The number of carbonyl (C=O) groups excluding carboxylic acids is 1. The fourth-order valence-corrected chi connectivity index (χ4v) is 4.07. The number of likely N-dealkylation sites (N-methyl/N-ethyl adjacent to an activating group) is 1. The average molecular weight is 388 g/mol. The van der Waals surface area contributed by atoms with E-state index in [0.717, 1.165) is 12.2 Å². The number of nitrogens with zero attached hydrogens (tertiary/aromatic N) is 3. The first-order valence-corrected chi connectivity index (χ1v) is 10.6. The van der Waals surface area contributed by atoms with E-state index >= 15 is 0 Å². The molecule has 0 atom stereocenters. The molecule has 7 nitrogen and oxygen atoms in total. The first-order chi connectivity index (χ1) is 12.9. The number of amides is 1. The quantitative estimate of drug-likeness (QED) is 0.797. The van der Waals surface area contributed by atoms with Gasteiger partial charge in [0.15, 0.2) is 5.84 Å². The number of sulfonamides is 1. The number of anilines is 1. The third-order valence-electron chi connectivity index (χ3n) is 4.52. The van der Waals surface area contributed by atoms with Crippen molar-refractivity contribution in [3.63, 3.8) is 0 Å². The molecule has 0 saturated heterocycles. The van der Waals surface area contributed by atoms with E-state index < -0.39 is 10.0 Å². The van der Waals surface area contributed by atoms with Crippen LogP contribution in [0.1, 0.15) is 12.5 Å². The molecule has 1 aromatic carbocycles. The maximum absolute atomic E-state index is 12.6. The molecule has 2 heterocycles. The summed E-state index contributed by atoms with van der Waals surface area (Å²) in [6.07, 6.45) is 5.07. The maximum atomic E-state index is 12.6. The van der Waals surface area contributed by atoms with Crippen LogP contribution in [0.4, 0.5) is 5.69 Å². The van der Waals surface area contributed by atoms with E-state index in [-0.39, 0.29) is 23.1 Å². The highest BCUT2D eigenvalue weighted by atomic mass is 32.2. The minimum absolute atomic E-state index is 0.0440. The van der Waals surface area contributed by atoms with Crippen LogP contribution in [0.5, 0.6) is 0 Å². The van der Waals surface area contributed by atoms with Gasteiger partial charge in [0.1, 0.15) is 0 Å². The van der Waals surface area contributed by atoms with E-state index in [1.54, 1.807) is 23.3 Å². The third-order valence-corrected chi connectivity index (χ3v) is 5.67. The summed E-state index contributed by atoms with van der Waals surface area (Å²) in [7, 11) is -3.51. The predicted octanol–water partition coefficient (Wildman–Crippen LogP) is 1.44. The first kappa shape index (κ1) is 19.2. The van der Waals surface area contributed by atoms with Gasteiger partial charge in [0, 0.05) is 38.1 Å². The zero-order valence-corrected chi connectivity index (χ0v) is 16.4. The number of aryl methyl sites for hydroxylation is 1. The van der Waals surface area contributed by atoms with Gasteiger partial charge < -0.3 is 15.1 Å². The molecule has 1 amide bonds. The van der Waals surface area contributed by atoms with Crippen molar-refractivity contribution in [2.24, 2.45) is 4.40 Å². The summed E-state index contributed by atoms with van der Waals surface area (Å²) in [5.74, 6) is -0.162. The number of allylic oxidation sites excluding steroid dienone is 2. The Morgan fingerprint density at radius 1 is 1.37 bits per heavy atom.